The zero-order valence-corrected chi connectivity index (χ0v) is 9.24. The fraction of sp³-hybridized carbons (Fsp3) is 0.615. The molecule has 0 amide bonds. The Labute approximate surface area is 91.1 Å². The van der Waals surface area contributed by atoms with E-state index in [0.717, 1.165) is 12.0 Å². The zero-order valence-electron chi connectivity index (χ0n) is 9.24. The highest BCUT2D eigenvalue weighted by Crippen LogP contribution is 2.38. The summed E-state index contributed by atoms with van der Waals surface area (Å²) in [5.74, 6) is 0.928. The Balaban J connectivity index is 1.69. The van der Waals surface area contributed by atoms with Crippen molar-refractivity contribution in [3.63, 3.8) is 0 Å². The van der Waals surface area contributed by atoms with Gasteiger partial charge in [-0.05, 0) is 36.8 Å². The van der Waals surface area contributed by atoms with Crippen molar-refractivity contribution in [1.29, 1.82) is 0 Å². The van der Waals surface area contributed by atoms with Crippen LogP contribution in [-0.4, -0.2) is 11.0 Å². The quantitative estimate of drug-likeness (QED) is 0.814. The van der Waals surface area contributed by atoms with Gasteiger partial charge >= 0.3 is 0 Å². The van der Waals surface area contributed by atoms with Crippen molar-refractivity contribution in [2.24, 2.45) is 5.92 Å². The number of hydrogen-bond acceptors (Lipinski definition) is 2. The van der Waals surface area contributed by atoms with Gasteiger partial charge in [0.1, 0.15) is 0 Å². The van der Waals surface area contributed by atoms with E-state index < -0.39 is 0 Å². The summed E-state index contributed by atoms with van der Waals surface area (Å²) in [6.45, 7) is 2.28. The summed E-state index contributed by atoms with van der Waals surface area (Å²) in [7, 11) is 0. The van der Waals surface area contributed by atoms with Gasteiger partial charge in [0.2, 0.25) is 0 Å². The molecule has 0 spiro atoms. The molecule has 0 bridgehead atoms. The molecule has 1 aromatic rings. The second-order valence-corrected chi connectivity index (χ2v) is 4.82. The smallest absolute Gasteiger partial charge is 0.0605 e. The average molecular weight is 202 g/mol. The lowest BCUT2D eigenvalue weighted by molar-refractivity contribution is 0.496. The summed E-state index contributed by atoms with van der Waals surface area (Å²) in [4.78, 5) is 4.51. The predicted octanol–water partition coefficient (Wildman–Crippen LogP) is 2.46. The first-order valence-electron chi connectivity index (χ1n) is 6.08. The summed E-state index contributed by atoms with van der Waals surface area (Å²) < 4.78 is 0. The van der Waals surface area contributed by atoms with Crippen LogP contribution >= 0.6 is 0 Å². The van der Waals surface area contributed by atoms with Crippen LogP contribution in [0.15, 0.2) is 18.3 Å². The van der Waals surface area contributed by atoms with Gasteiger partial charge in [-0.3, -0.25) is 4.98 Å². The fourth-order valence-corrected chi connectivity index (χ4v) is 2.74. The van der Waals surface area contributed by atoms with Crippen molar-refractivity contribution in [2.75, 3.05) is 0 Å². The van der Waals surface area contributed by atoms with Gasteiger partial charge in [-0.1, -0.05) is 19.4 Å². The van der Waals surface area contributed by atoms with Gasteiger partial charge in [0.05, 0.1) is 11.7 Å². The summed E-state index contributed by atoms with van der Waals surface area (Å²) >= 11 is 0. The molecule has 3 rings (SSSR count). The highest BCUT2D eigenvalue weighted by molar-refractivity contribution is 5.28. The fourth-order valence-electron chi connectivity index (χ4n) is 2.74. The van der Waals surface area contributed by atoms with Crippen molar-refractivity contribution < 1.29 is 0 Å². The van der Waals surface area contributed by atoms with Gasteiger partial charge in [-0.25, -0.2) is 0 Å². The summed E-state index contributed by atoms with van der Waals surface area (Å²) in [5, 5.41) is 3.75. The third-order valence-electron chi connectivity index (χ3n) is 3.82. The van der Waals surface area contributed by atoms with Crippen LogP contribution < -0.4 is 5.32 Å². The van der Waals surface area contributed by atoms with E-state index in [1.165, 1.54) is 36.9 Å². The normalized spacial score (nSPS) is 32.7. The Bertz CT molecular complexity index is 361. The lowest BCUT2D eigenvalue weighted by Crippen LogP contribution is -2.23. The van der Waals surface area contributed by atoms with E-state index in [1.807, 2.05) is 12.3 Å². The molecule has 80 valence electrons. The first-order valence-corrected chi connectivity index (χ1v) is 6.08. The van der Waals surface area contributed by atoms with Crippen LogP contribution in [0, 0.1) is 5.92 Å². The molecule has 0 aromatic carbocycles. The van der Waals surface area contributed by atoms with E-state index >= 15 is 0 Å². The van der Waals surface area contributed by atoms with E-state index in [1.54, 1.807) is 0 Å². The number of fused-ring (bicyclic) bond motifs is 1. The highest BCUT2D eigenvalue weighted by atomic mass is 15.0. The maximum atomic E-state index is 4.51. The molecule has 0 saturated heterocycles. The molecule has 1 saturated carbocycles. The van der Waals surface area contributed by atoms with Crippen LogP contribution in [0.25, 0.3) is 0 Å². The van der Waals surface area contributed by atoms with Gasteiger partial charge in [0, 0.05) is 12.2 Å². The second-order valence-electron chi connectivity index (χ2n) is 4.82. The van der Waals surface area contributed by atoms with Crippen LogP contribution in [0.3, 0.4) is 0 Å². The Morgan fingerprint density at radius 1 is 1.53 bits per heavy atom. The maximum Gasteiger partial charge on any atom is 0.0605 e. The molecule has 3 atom stereocenters. The number of hydrogen-bond donors (Lipinski definition) is 1. The van der Waals surface area contributed by atoms with Crippen LogP contribution in [-0.2, 0) is 6.42 Å². The summed E-state index contributed by atoms with van der Waals surface area (Å²) in [6, 6.07) is 5.57. The van der Waals surface area contributed by atoms with Gasteiger partial charge in [-0.15, -0.1) is 0 Å². The number of aromatic nitrogens is 1. The minimum atomic E-state index is 0.530. The van der Waals surface area contributed by atoms with Crippen LogP contribution in [0.4, 0.5) is 0 Å². The molecule has 1 N–H and O–H groups in total. The second kappa shape index (κ2) is 3.60. The molecule has 1 heterocycles. The standard InChI is InChI=1S/C13H18N2/c1-2-9-8-12(9)15-11-6-5-10-4-3-7-14-13(10)11/h3-4,7,9,11-12,15H,2,5-6,8H2,1H3. The number of rotatable bonds is 3. The molecule has 2 heteroatoms. The van der Waals surface area contributed by atoms with Gasteiger partial charge in [0.25, 0.3) is 0 Å². The molecule has 2 nitrogen and oxygen atoms in total. The van der Waals surface area contributed by atoms with Crippen LogP contribution in [0.5, 0.6) is 0 Å². The van der Waals surface area contributed by atoms with E-state index in [4.69, 9.17) is 0 Å². The number of aryl methyl sites for hydroxylation is 1. The Kier molecular flexibility index (Phi) is 2.24. The van der Waals surface area contributed by atoms with Crippen molar-refractivity contribution in [3.05, 3.63) is 29.6 Å². The van der Waals surface area contributed by atoms with Crippen molar-refractivity contribution in [1.82, 2.24) is 10.3 Å². The molecule has 2 aliphatic carbocycles. The molecule has 15 heavy (non-hydrogen) atoms. The number of nitrogens with one attached hydrogen (secondary N) is 1. The minimum absolute atomic E-state index is 0.530. The Morgan fingerprint density at radius 2 is 2.47 bits per heavy atom. The summed E-state index contributed by atoms with van der Waals surface area (Å²) in [6.07, 6.45) is 7.04. The molecular formula is C13H18N2. The molecular weight excluding hydrogens is 184 g/mol. The zero-order chi connectivity index (χ0) is 10.3. The van der Waals surface area contributed by atoms with E-state index in [-0.39, 0.29) is 0 Å². The Morgan fingerprint density at radius 3 is 3.27 bits per heavy atom. The molecule has 1 aromatic heterocycles. The lowest BCUT2D eigenvalue weighted by Gasteiger charge is -2.12. The average Bonchev–Trinajstić information content (AvgIpc) is 2.91. The Hall–Kier alpha value is -0.890. The number of pyridine rings is 1. The molecule has 3 unspecified atom stereocenters. The minimum Gasteiger partial charge on any atom is -0.306 e. The molecule has 1 fully saturated rings. The topological polar surface area (TPSA) is 24.9 Å². The summed E-state index contributed by atoms with van der Waals surface area (Å²) in [5.41, 5.74) is 2.75. The number of nitrogens with zero attached hydrogens (tertiary/aromatic N) is 1. The van der Waals surface area contributed by atoms with Crippen molar-refractivity contribution in [3.8, 4) is 0 Å². The van der Waals surface area contributed by atoms with Crippen molar-refractivity contribution >= 4 is 0 Å². The third kappa shape index (κ3) is 1.67. The van der Waals surface area contributed by atoms with Crippen molar-refractivity contribution in [2.45, 2.75) is 44.7 Å². The predicted molar refractivity (Wildman–Crippen MR) is 60.6 cm³/mol. The highest BCUT2D eigenvalue weighted by Gasteiger charge is 2.38. The first-order chi connectivity index (χ1) is 7.38. The molecule has 2 aliphatic rings. The van der Waals surface area contributed by atoms with E-state index in [9.17, 15) is 0 Å². The van der Waals surface area contributed by atoms with Crippen LogP contribution in [0.1, 0.15) is 43.5 Å². The molecule has 0 aliphatic heterocycles. The van der Waals surface area contributed by atoms with E-state index in [0.29, 0.717) is 6.04 Å². The van der Waals surface area contributed by atoms with E-state index in [2.05, 4.69) is 23.3 Å². The van der Waals surface area contributed by atoms with Gasteiger partial charge in [-0.2, -0.15) is 0 Å². The SMILES string of the molecule is CCC1CC1NC1CCc2cccnc21. The first kappa shape index (κ1) is 9.34. The van der Waals surface area contributed by atoms with Gasteiger partial charge in [0.15, 0.2) is 0 Å². The van der Waals surface area contributed by atoms with Gasteiger partial charge < -0.3 is 5.32 Å². The third-order valence-corrected chi connectivity index (χ3v) is 3.82. The lowest BCUT2D eigenvalue weighted by atomic mass is 10.2. The van der Waals surface area contributed by atoms with Crippen LogP contribution in [0.2, 0.25) is 0 Å². The largest absolute Gasteiger partial charge is 0.306 e. The monoisotopic (exact) mass is 202 g/mol. The maximum absolute atomic E-state index is 4.51. The molecule has 0 radical (unpaired) electrons.